The van der Waals surface area contributed by atoms with Crippen LogP contribution in [0.2, 0.25) is 0 Å². The second-order valence-corrected chi connectivity index (χ2v) is 9.93. The lowest BCUT2D eigenvalue weighted by Crippen LogP contribution is -2.39. The summed E-state index contributed by atoms with van der Waals surface area (Å²) in [5, 5.41) is 0. The van der Waals surface area contributed by atoms with Crippen molar-refractivity contribution in [3.63, 3.8) is 0 Å². The SMILES string of the molecule is Cc1ccc(C(F)(F)F)cc1N(C(=O)OC(C)(C)C)c1nc(C(=O)NS(=O)(=O)N(C)C)co1. The van der Waals surface area contributed by atoms with Gasteiger partial charge < -0.3 is 9.15 Å². The Morgan fingerprint density at radius 3 is 2.27 bits per heavy atom. The number of halogens is 3. The highest BCUT2D eigenvalue weighted by Gasteiger charge is 2.35. The van der Waals surface area contributed by atoms with Crippen LogP contribution >= 0.6 is 0 Å². The van der Waals surface area contributed by atoms with Crippen molar-refractivity contribution in [2.24, 2.45) is 0 Å². The van der Waals surface area contributed by atoms with E-state index in [0.29, 0.717) is 11.0 Å². The fourth-order valence-corrected chi connectivity index (χ4v) is 2.87. The van der Waals surface area contributed by atoms with Crippen molar-refractivity contribution in [1.82, 2.24) is 14.0 Å². The molecule has 182 valence electrons. The minimum atomic E-state index is -4.70. The molecule has 0 saturated carbocycles. The predicted molar refractivity (Wildman–Crippen MR) is 111 cm³/mol. The van der Waals surface area contributed by atoms with Gasteiger partial charge in [-0.15, -0.1) is 0 Å². The Hall–Kier alpha value is -3.13. The highest BCUT2D eigenvalue weighted by atomic mass is 32.2. The average molecular weight is 492 g/mol. The van der Waals surface area contributed by atoms with Crippen LogP contribution in [0.5, 0.6) is 0 Å². The number of aryl methyl sites for hydroxylation is 1. The van der Waals surface area contributed by atoms with Gasteiger partial charge in [0.05, 0.1) is 11.3 Å². The lowest BCUT2D eigenvalue weighted by atomic mass is 10.1. The van der Waals surface area contributed by atoms with Crippen molar-refractivity contribution < 1.29 is 40.3 Å². The van der Waals surface area contributed by atoms with Gasteiger partial charge in [-0.05, 0) is 45.4 Å². The van der Waals surface area contributed by atoms with Crippen LogP contribution in [0.15, 0.2) is 28.9 Å². The number of amides is 2. The number of ether oxygens (including phenoxy) is 1. The number of hydrogen-bond donors (Lipinski definition) is 1. The highest BCUT2D eigenvalue weighted by Crippen LogP contribution is 2.36. The molecule has 2 aromatic rings. The van der Waals surface area contributed by atoms with Crippen molar-refractivity contribution >= 4 is 33.9 Å². The van der Waals surface area contributed by atoms with E-state index in [1.165, 1.54) is 21.0 Å². The Morgan fingerprint density at radius 1 is 1.15 bits per heavy atom. The summed E-state index contributed by atoms with van der Waals surface area (Å²) in [6.45, 7) is 6.08. The molecule has 0 aliphatic heterocycles. The fourth-order valence-electron chi connectivity index (χ4n) is 2.35. The summed E-state index contributed by atoms with van der Waals surface area (Å²) in [5.74, 6) is -1.18. The Morgan fingerprint density at radius 2 is 1.76 bits per heavy atom. The number of nitrogens with one attached hydrogen (secondary N) is 1. The Kier molecular flexibility index (Phi) is 7.14. The molecular formula is C19H23F3N4O6S. The molecule has 0 saturated heterocycles. The molecule has 0 atom stereocenters. The average Bonchev–Trinajstić information content (AvgIpc) is 3.10. The van der Waals surface area contributed by atoms with E-state index in [1.54, 1.807) is 25.5 Å². The quantitative estimate of drug-likeness (QED) is 0.677. The van der Waals surface area contributed by atoms with Gasteiger partial charge in [-0.2, -0.15) is 35.8 Å². The molecule has 2 amide bonds. The number of carbonyl (C=O) groups is 2. The van der Waals surface area contributed by atoms with Crippen molar-refractivity contribution in [2.75, 3.05) is 19.0 Å². The molecule has 10 nitrogen and oxygen atoms in total. The van der Waals surface area contributed by atoms with E-state index in [4.69, 9.17) is 9.15 Å². The third-order valence-corrected chi connectivity index (χ3v) is 5.38. The standard InChI is InChI=1S/C19H23F3N4O6S/c1-11-7-8-12(19(20,21)22)9-14(11)26(17(28)32-18(2,3)4)16-23-13(10-31-16)15(27)24-33(29,30)25(5)6/h7-10H,1-6H3,(H,24,27). The topological polar surface area (TPSA) is 122 Å². The van der Waals surface area contributed by atoms with Crippen molar-refractivity contribution in [3.05, 3.63) is 41.3 Å². The smallest absolute Gasteiger partial charge is 0.423 e. The third-order valence-electron chi connectivity index (χ3n) is 3.97. The molecule has 0 radical (unpaired) electrons. The van der Waals surface area contributed by atoms with E-state index in [2.05, 4.69) is 4.98 Å². The summed E-state index contributed by atoms with van der Waals surface area (Å²) in [5.41, 5.74) is -2.62. The maximum atomic E-state index is 13.3. The maximum Gasteiger partial charge on any atom is 0.423 e. The van der Waals surface area contributed by atoms with Gasteiger partial charge in [0.2, 0.25) is 0 Å². The van der Waals surface area contributed by atoms with Crippen LogP contribution in [0.1, 0.15) is 42.4 Å². The van der Waals surface area contributed by atoms with Gasteiger partial charge in [-0.25, -0.2) is 9.52 Å². The Balaban J connectivity index is 2.56. The molecule has 33 heavy (non-hydrogen) atoms. The van der Waals surface area contributed by atoms with Crippen LogP contribution in [-0.2, 0) is 21.1 Å². The van der Waals surface area contributed by atoms with E-state index in [0.717, 1.165) is 22.7 Å². The van der Waals surface area contributed by atoms with E-state index >= 15 is 0 Å². The highest BCUT2D eigenvalue weighted by molar-refractivity contribution is 7.87. The molecule has 2 rings (SSSR count). The first-order valence-electron chi connectivity index (χ1n) is 9.33. The van der Waals surface area contributed by atoms with Gasteiger partial charge >= 0.3 is 28.5 Å². The van der Waals surface area contributed by atoms with E-state index < -0.39 is 51.3 Å². The van der Waals surface area contributed by atoms with Gasteiger partial charge in [0, 0.05) is 14.1 Å². The number of benzene rings is 1. The van der Waals surface area contributed by atoms with Crippen molar-refractivity contribution in [2.45, 2.75) is 39.5 Å². The number of anilines is 2. The third kappa shape index (κ3) is 6.44. The maximum absolute atomic E-state index is 13.3. The first kappa shape index (κ1) is 26.1. The number of hydrogen-bond acceptors (Lipinski definition) is 7. The van der Waals surface area contributed by atoms with Gasteiger partial charge in [0.15, 0.2) is 5.69 Å². The molecule has 14 heteroatoms. The normalized spacial score (nSPS) is 12.5. The van der Waals surface area contributed by atoms with Gasteiger partial charge in [-0.3, -0.25) is 4.79 Å². The van der Waals surface area contributed by atoms with Gasteiger partial charge in [0.25, 0.3) is 5.91 Å². The number of nitrogens with zero attached hydrogens (tertiary/aromatic N) is 3. The van der Waals surface area contributed by atoms with E-state index in [1.807, 2.05) is 0 Å². The summed E-state index contributed by atoms with van der Waals surface area (Å²) in [6, 6.07) is 2.10. The molecule has 0 bridgehead atoms. The van der Waals surface area contributed by atoms with Crippen LogP contribution in [-0.4, -0.2) is 49.4 Å². The summed E-state index contributed by atoms with van der Waals surface area (Å²) in [7, 11) is -1.79. The number of aromatic nitrogens is 1. The molecule has 1 aromatic heterocycles. The molecule has 1 N–H and O–H groups in total. The Labute approximate surface area is 188 Å². The van der Waals surface area contributed by atoms with Crippen LogP contribution < -0.4 is 9.62 Å². The number of oxazole rings is 1. The molecule has 0 aliphatic carbocycles. The van der Waals surface area contributed by atoms with Gasteiger partial charge in [-0.1, -0.05) is 6.07 Å². The minimum Gasteiger partial charge on any atom is -0.443 e. The lowest BCUT2D eigenvalue weighted by Gasteiger charge is -2.26. The van der Waals surface area contributed by atoms with Crippen molar-refractivity contribution in [1.29, 1.82) is 0 Å². The van der Waals surface area contributed by atoms with Gasteiger partial charge in [0.1, 0.15) is 11.9 Å². The summed E-state index contributed by atoms with van der Waals surface area (Å²) >= 11 is 0. The second kappa shape index (κ2) is 9.02. The van der Waals surface area contributed by atoms with Crippen LogP contribution in [0.25, 0.3) is 0 Å². The Bertz CT molecular complexity index is 1150. The summed E-state index contributed by atoms with van der Waals surface area (Å²) in [6.07, 6.45) is -5.07. The molecule has 1 aromatic carbocycles. The molecular weight excluding hydrogens is 469 g/mol. The molecule has 0 spiro atoms. The zero-order valence-corrected chi connectivity index (χ0v) is 19.5. The second-order valence-electron chi connectivity index (χ2n) is 8.05. The van der Waals surface area contributed by atoms with E-state index in [-0.39, 0.29) is 11.3 Å². The zero-order chi connectivity index (χ0) is 25.4. The molecule has 1 heterocycles. The van der Waals surface area contributed by atoms with E-state index in [9.17, 15) is 31.2 Å². The monoisotopic (exact) mass is 492 g/mol. The van der Waals surface area contributed by atoms with Crippen LogP contribution in [0, 0.1) is 6.92 Å². The first-order chi connectivity index (χ1) is 14.9. The van der Waals surface area contributed by atoms with Crippen molar-refractivity contribution in [3.8, 4) is 0 Å². The lowest BCUT2D eigenvalue weighted by molar-refractivity contribution is -0.137. The summed E-state index contributed by atoms with van der Waals surface area (Å²) in [4.78, 5) is 29.6. The molecule has 0 unspecified atom stereocenters. The first-order valence-corrected chi connectivity index (χ1v) is 10.8. The predicted octanol–water partition coefficient (Wildman–Crippen LogP) is 3.61. The fraction of sp³-hybridized carbons (Fsp3) is 0.421. The number of carbonyl (C=O) groups excluding carboxylic acids is 2. The largest absolute Gasteiger partial charge is 0.443 e. The molecule has 0 fully saturated rings. The van der Waals surface area contributed by atoms with Crippen LogP contribution in [0.4, 0.5) is 29.7 Å². The summed E-state index contributed by atoms with van der Waals surface area (Å²) < 4.78 is 76.5. The van der Waals surface area contributed by atoms with Crippen LogP contribution in [0.3, 0.4) is 0 Å². The zero-order valence-electron chi connectivity index (χ0n) is 18.6. The number of rotatable bonds is 5. The number of alkyl halides is 3. The molecule has 0 aliphatic rings. The minimum absolute atomic E-state index is 0.244.